The number of aryl methyl sites for hydroxylation is 2. The normalized spacial score (nSPS) is 21.9. The van der Waals surface area contributed by atoms with Crippen LogP contribution in [0.4, 0.5) is 0 Å². The highest BCUT2D eigenvalue weighted by atomic mass is 16.3. The van der Waals surface area contributed by atoms with Crippen molar-refractivity contribution in [3.8, 4) is 0 Å². The summed E-state index contributed by atoms with van der Waals surface area (Å²) >= 11 is 0. The van der Waals surface area contributed by atoms with Gasteiger partial charge in [0.2, 0.25) is 0 Å². The van der Waals surface area contributed by atoms with E-state index < -0.39 is 0 Å². The van der Waals surface area contributed by atoms with Crippen molar-refractivity contribution in [1.29, 1.82) is 0 Å². The molecule has 64 valence electrons. The van der Waals surface area contributed by atoms with Crippen LogP contribution in [-0.4, -0.2) is 4.57 Å². The first-order chi connectivity index (χ1) is 5.81. The second kappa shape index (κ2) is 2.73. The number of hydrogen-bond acceptors (Lipinski definition) is 2. The first-order valence-corrected chi connectivity index (χ1v) is 4.30. The first-order valence-electron chi connectivity index (χ1n) is 4.30. The second-order valence-corrected chi connectivity index (χ2v) is 3.40. The molecule has 3 nitrogen and oxygen atoms in total. The van der Waals surface area contributed by atoms with Crippen LogP contribution in [0, 0.1) is 11.8 Å². The minimum atomic E-state index is -0.104. The van der Waals surface area contributed by atoms with Gasteiger partial charge in [0.25, 0.3) is 0 Å². The molecule has 1 aliphatic heterocycles. The molecule has 0 fully saturated rings. The zero-order valence-corrected chi connectivity index (χ0v) is 7.16. The predicted molar refractivity (Wildman–Crippen MR) is 46.9 cm³/mol. The molecule has 0 radical (unpaired) electrons. The molecule has 1 unspecified atom stereocenters. The monoisotopic (exact) mass is 164 g/mol. The van der Waals surface area contributed by atoms with Crippen molar-refractivity contribution < 1.29 is 0 Å². The molecular weight excluding hydrogens is 152 g/mol. The molecule has 12 heavy (non-hydrogen) atoms. The summed E-state index contributed by atoms with van der Waals surface area (Å²) in [6.45, 7) is 3.09. The van der Waals surface area contributed by atoms with Crippen LogP contribution < -0.4 is 0 Å². The van der Waals surface area contributed by atoms with Crippen LogP contribution in [0.25, 0.3) is 0 Å². The van der Waals surface area contributed by atoms with Crippen LogP contribution in [0.15, 0.2) is 17.4 Å². The largest absolute Gasteiger partial charge is 0.349 e. The average Bonchev–Trinajstić information content (AvgIpc) is 2.44. The van der Waals surface area contributed by atoms with E-state index in [9.17, 15) is 4.91 Å². The molecule has 1 aromatic rings. The van der Waals surface area contributed by atoms with Gasteiger partial charge in [0, 0.05) is 18.4 Å². The molecule has 0 aliphatic carbocycles. The molecule has 3 heteroatoms. The zero-order chi connectivity index (χ0) is 8.55. The van der Waals surface area contributed by atoms with Gasteiger partial charge >= 0.3 is 0 Å². The molecule has 1 aliphatic rings. The molecule has 0 bridgehead atoms. The maximum absolute atomic E-state index is 10.5. The van der Waals surface area contributed by atoms with Gasteiger partial charge in [-0.05, 0) is 31.4 Å². The molecule has 0 amide bonds. The van der Waals surface area contributed by atoms with E-state index in [0.29, 0.717) is 0 Å². The lowest BCUT2D eigenvalue weighted by Crippen LogP contribution is -2.12. The lowest BCUT2D eigenvalue weighted by Gasteiger charge is -2.18. The predicted octanol–water partition coefficient (Wildman–Crippen LogP) is 2.40. The van der Waals surface area contributed by atoms with Gasteiger partial charge in [-0.1, -0.05) is 5.18 Å². The van der Waals surface area contributed by atoms with E-state index in [0.717, 1.165) is 25.1 Å². The van der Waals surface area contributed by atoms with E-state index in [2.05, 4.69) is 22.0 Å². The summed E-state index contributed by atoms with van der Waals surface area (Å²) in [7, 11) is 0. The highest BCUT2D eigenvalue weighted by Crippen LogP contribution is 2.29. The number of rotatable bonds is 1. The average molecular weight is 164 g/mol. The third-order valence-electron chi connectivity index (χ3n) is 2.41. The molecule has 0 aromatic carbocycles. The lowest BCUT2D eigenvalue weighted by atomic mass is 10.1. The Labute approximate surface area is 71.4 Å². The number of hydrogen-bond donors (Lipinski definition) is 0. The number of nitrogens with zero attached hydrogens (tertiary/aromatic N) is 2. The first kappa shape index (κ1) is 7.53. The van der Waals surface area contributed by atoms with Crippen LogP contribution in [0.5, 0.6) is 0 Å². The quantitative estimate of drug-likeness (QED) is 0.587. The Morgan fingerprint density at radius 2 is 2.50 bits per heavy atom. The molecule has 2 rings (SSSR count). The third kappa shape index (κ3) is 1.05. The molecule has 0 spiro atoms. The topological polar surface area (TPSA) is 34.4 Å². The fourth-order valence-electron chi connectivity index (χ4n) is 1.86. The summed E-state index contributed by atoms with van der Waals surface area (Å²) in [5.41, 5.74) is 2.31. The Morgan fingerprint density at radius 3 is 3.25 bits per heavy atom. The van der Waals surface area contributed by atoms with Crippen LogP contribution in [0.3, 0.4) is 0 Å². The Bertz CT molecular complexity index is 303. The fourth-order valence-corrected chi connectivity index (χ4v) is 1.86. The van der Waals surface area contributed by atoms with Gasteiger partial charge in [-0.15, -0.1) is 0 Å². The Kier molecular flexibility index (Phi) is 1.71. The van der Waals surface area contributed by atoms with E-state index in [-0.39, 0.29) is 6.04 Å². The van der Waals surface area contributed by atoms with Crippen LogP contribution in [0.1, 0.15) is 30.1 Å². The van der Waals surface area contributed by atoms with Gasteiger partial charge in [-0.3, -0.25) is 0 Å². The van der Waals surface area contributed by atoms with Crippen molar-refractivity contribution in [1.82, 2.24) is 4.57 Å². The Morgan fingerprint density at radius 1 is 1.67 bits per heavy atom. The van der Waals surface area contributed by atoms with Gasteiger partial charge in [0.1, 0.15) is 6.04 Å². The standard InChI is InChI=1S/C9H12N2O/c1-7-5-9-8(10-12)3-2-4-11(9)6-7/h5-6,8H,2-4H2,1H3. The maximum atomic E-state index is 10.5. The van der Waals surface area contributed by atoms with Crippen molar-refractivity contribution in [2.45, 2.75) is 32.4 Å². The van der Waals surface area contributed by atoms with Crippen LogP contribution in [-0.2, 0) is 6.54 Å². The van der Waals surface area contributed by atoms with Crippen molar-refractivity contribution in [2.24, 2.45) is 5.18 Å². The fraction of sp³-hybridized carbons (Fsp3) is 0.556. The van der Waals surface area contributed by atoms with E-state index in [1.165, 1.54) is 5.56 Å². The van der Waals surface area contributed by atoms with E-state index >= 15 is 0 Å². The van der Waals surface area contributed by atoms with Crippen LogP contribution in [0.2, 0.25) is 0 Å². The molecule has 2 heterocycles. The minimum absolute atomic E-state index is 0.104. The highest BCUT2D eigenvalue weighted by Gasteiger charge is 2.20. The van der Waals surface area contributed by atoms with E-state index in [1.54, 1.807) is 0 Å². The van der Waals surface area contributed by atoms with Crippen molar-refractivity contribution >= 4 is 0 Å². The molecule has 0 saturated carbocycles. The molecule has 0 saturated heterocycles. The van der Waals surface area contributed by atoms with Crippen molar-refractivity contribution in [2.75, 3.05) is 0 Å². The molecule has 0 N–H and O–H groups in total. The van der Waals surface area contributed by atoms with Crippen LogP contribution >= 0.6 is 0 Å². The highest BCUT2D eigenvalue weighted by molar-refractivity contribution is 5.21. The molecule has 1 aromatic heterocycles. The number of nitroso groups, excluding NO2 is 1. The van der Waals surface area contributed by atoms with Gasteiger partial charge in [0.15, 0.2) is 0 Å². The van der Waals surface area contributed by atoms with E-state index in [1.807, 2.05) is 6.92 Å². The second-order valence-electron chi connectivity index (χ2n) is 3.40. The summed E-state index contributed by atoms with van der Waals surface area (Å²) in [5.74, 6) is 0. The smallest absolute Gasteiger partial charge is 0.132 e. The Balaban J connectivity index is 2.43. The number of fused-ring (bicyclic) bond motifs is 1. The molecular formula is C9H12N2O. The van der Waals surface area contributed by atoms with E-state index in [4.69, 9.17) is 0 Å². The summed E-state index contributed by atoms with van der Waals surface area (Å²) in [4.78, 5) is 10.5. The SMILES string of the molecule is Cc1cc2n(c1)CCCC2N=O. The lowest BCUT2D eigenvalue weighted by molar-refractivity contribution is 0.463. The summed E-state index contributed by atoms with van der Waals surface area (Å²) < 4.78 is 2.14. The maximum Gasteiger partial charge on any atom is 0.132 e. The van der Waals surface area contributed by atoms with Gasteiger partial charge in [0.05, 0.1) is 0 Å². The third-order valence-corrected chi connectivity index (χ3v) is 2.41. The summed E-state index contributed by atoms with van der Waals surface area (Å²) in [6, 6.07) is 1.96. The number of aromatic nitrogens is 1. The van der Waals surface area contributed by atoms with Gasteiger partial charge in [-0.25, -0.2) is 0 Å². The van der Waals surface area contributed by atoms with Gasteiger partial charge < -0.3 is 4.57 Å². The minimum Gasteiger partial charge on any atom is -0.349 e. The van der Waals surface area contributed by atoms with Crippen molar-refractivity contribution in [3.63, 3.8) is 0 Å². The van der Waals surface area contributed by atoms with Crippen molar-refractivity contribution in [3.05, 3.63) is 28.4 Å². The molecule has 1 atom stereocenters. The summed E-state index contributed by atoms with van der Waals surface area (Å²) in [5, 5.41) is 3.13. The Hall–Kier alpha value is -1.12. The zero-order valence-electron chi connectivity index (χ0n) is 7.16. The van der Waals surface area contributed by atoms with Gasteiger partial charge in [-0.2, -0.15) is 4.91 Å². The summed E-state index contributed by atoms with van der Waals surface area (Å²) in [6.07, 6.45) is 4.07.